The number of methoxy groups -OCH3 is 1. The molecule has 0 saturated heterocycles. The molecule has 4 aromatic rings. The van der Waals surface area contributed by atoms with Crippen molar-refractivity contribution >= 4 is 33.6 Å². The molecule has 0 aliphatic rings. The average molecular weight is 358 g/mol. The normalized spacial score (nSPS) is 10.9. The number of carbonyl (C=O) groups is 2. The van der Waals surface area contributed by atoms with Crippen molar-refractivity contribution in [1.82, 2.24) is 9.55 Å². The van der Waals surface area contributed by atoms with Gasteiger partial charge in [0.2, 0.25) is 0 Å². The zero-order chi connectivity index (χ0) is 19.0. The van der Waals surface area contributed by atoms with Crippen LogP contribution in [0.2, 0.25) is 0 Å². The molecule has 3 aromatic carbocycles. The molecule has 1 aromatic heterocycles. The van der Waals surface area contributed by atoms with Gasteiger partial charge in [0.15, 0.2) is 0 Å². The summed E-state index contributed by atoms with van der Waals surface area (Å²) in [6, 6.07) is 17.1. The third-order valence-electron chi connectivity index (χ3n) is 4.40. The standard InChI is InChI=1S/C21H14N2O4/c1-27-21(26)14-8-6-13(7-9-14)19(24)23-12-22-18-11-16-5-3-2-4-15(16)10-17(18)20(23)25/h2-12H,1H3. The van der Waals surface area contributed by atoms with Crippen molar-refractivity contribution in [2.45, 2.75) is 0 Å². The highest BCUT2D eigenvalue weighted by molar-refractivity contribution is 6.00. The molecule has 0 aliphatic heterocycles. The van der Waals surface area contributed by atoms with Gasteiger partial charge in [-0.3, -0.25) is 9.59 Å². The molecule has 0 aliphatic carbocycles. The van der Waals surface area contributed by atoms with Crippen LogP contribution in [-0.2, 0) is 4.74 Å². The van der Waals surface area contributed by atoms with E-state index in [4.69, 9.17) is 0 Å². The van der Waals surface area contributed by atoms with Crippen LogP contribution < -0.4 is 5.56 Å². The molecule has 4 rings (SSSR count). The molecule has 0 fully saturated rings. The molecule has 0 amide bonds. The highest BCUT2D eigenvalue weighted by Crippen LogP contribution is 2.19. The summed E-state index contributed by atoms with van der Waals surface area (Å²) in [7, 11) is 1.28. The highest BCUT2D eigenvalue weighted by Gasteiger charge is 2.14. The van der Waals surface area contributed by atoms with Crippen molar-refractivity contribution in [2.75, 3.05) is 7.11 Å². The first-order valence-corrected chi connectivity index (χ1v) is 8.22. The van der Waals surface area contributed by atoms with E-state index in [1.54, 1.807) is 6.07 Å². The van der Waals surface area contributed by atoms with E-state index in [2.05, 4.69) is 9.72 Å². The van der Waals surface area contributed by atoms with Crippen molar-refractivity contribution < 1.29 is 14.3 Å². The number of hydrogen-bond donors (Lipinski definition) is 0. The molecule has 132 valence electrons. The van der Waals surface area contributed by atoms with Crippen LogP contribution in [-0.4, -0.2) is 28.5 Å². The van der Waals surface area contributed by atoms with E-state index in [0.29, 0.717) is 16.5 Å². The zero-order valence-electron chi connectivity index (χ0n) is 14.4. The van der Waals surface area contributed by atoms with Gasteiger partial charge in [-0.1, -0.05) is 24.3 Å². The number of nitrogens with zero attached hydrogens (tertiary/aromatic N) is 2. The predicted octanol–water partition coefficient (Wildman–Crippen LogP) is 3.02. The van der Waals surface area contributed by atoms with Crippen molar-refractivity contribution in [1.29, 1.82) is 0 Å². The molecule has 0 bridgehead atoms. The van der Waals surface area contributed by atoms with Crippen LogP contribution in [0.15, 0.2) is 71.8 Å². The number of benzene rings is 3. The smallest absolute Gasteiger partial charge is 0.337 e. The average Bonchev–Trinajstić information content (AvgIpc) is 2.72. The van der Waals surface area contributed by atoms with Gasteiger partial charge in [0.05, 0.1) is 23.6 Å². The molecule has 0 saturated carbocycles. The lowest BCUT2D eigenvalue weighted by Gasteiger charge is -2.07. The third-order valence-corrected chi connectivity index (χ3v) is 4.40. The first kappa shape index (κ1) is 16.7. The molecule has 0 atom stereocenters. The lowest BCUT2D eigenvalue weighted by molar-refractivity contribution is 0.0600. The summed E-state index contributed by atoms with van der Waals surface area (Å²) < 4.78 is 5.61. The first-order valence-electron chi connectivity index (χ1n) is 8.22. The second-order valence-electron chi connectivity index (χ2n) is 6.01. The summed E-state index contributed by atoms with van der Waals surface area (Å²) >= 11 is 0. The molecular formula is C21H14N2O4. The van der Waals surface area contributed by atoms with Crippen LogP contribution in [0.3, 0.4) is 0 Å². The van der Waals surface area contributed by atoms with Crippen molar-refractivity contribution in [2.24, 2.45) is 0 Å². The number of carbonyl (C=O) groups excluding carboxylic acids is 2. The van der Waals surface area contributed by atoms with E-state index < -0.39 is 17.4 Å². The number of hydrogen-bond acceptors (Lipinski definition) is 5. The maximum Gasteiger partial charge on any atom is 0.337 e. The van der Waals surface area contributed by atoms with Crippen LogP contribution >= 0.6 is 0 Å². The number of esters is 1. The lowest BCUT2D eigenvalue weighted by atomic mass is 10.1. The third kappa shape index (κ3) is 2.87. The van der Waals surface area contributed by atoms with Crippen LogP contribution in [0.4, 0.5) is 0 Å². The van der Waals surface area contributed by atoms with Crippen molar-refractivity contribution in [3.05, 3.63) is 88.5 Å². The predicted molar refractivity (Wildman–Crippen MR) is 101 cm³/mol. The molecule has 27 heavy (non-hydrogen) atoms. The van der Waals surface area contributed by atoms with Gasteiger partial charge < -0.3 is 4.74 Å². The quantitative estimate of drug-likeness (QED) is 0.407. The lowest BCUT2D eigenvalue weighted by Crippen LogP contribution is -2.27. The highest BCUT2D eigenvalue weighted by atomic mass is 16.5. The van der Waals surface area contributed by atoms with E-state index >= 15 is 0 Å². The fourth-order valence-electron chi connectivity index (χ4n) is 2.96. The summed E-state index contributed by atoms with van der Waals surface area (Å²) in [5.41, 5.74) is 0.688. The van der Waals surface area contributed by atoms with Crippen LogP contribution in [0.5, 0.6) is 0 Å². The van der Waals surface area contributed by atoms with E-state index in [1.165, 1.54) is 37.7 Å². The Hall–Kier alpha value is -3.80. The maximum atomic E-state index is 12.8. The minimum Gasteiger partial charge on any atom is -0.465 e. The fraction of sp³-hybridized carbons (Fsp3) is 0.0476. The topological polar surface area (TPSA) is 78.3 Å². The summed E-state index contributed by atoms with van der Waals surface area (Å²) in [5.74, 6) is -1.01. The zero-order valence-corrected chi connectivity index (χ0v) is 14.4. The monoisotopic (exact) mass is 358 g/mol. The summed E-state index contributed by atoms with van der Waals surface area (Å²) in [4.78, 5) is 41.3. The Labute approximate surface area is 153 Å². The molecule has 6 nitrogen and oxygen atoms in total. The number of aromatic nitrogens is 2. The van der Waals surface area contributed by atoms with Gasteiger partial charge in [-0.2, -0.15) is 0 Å². The van der Waals surface area contributed by atoms with Gasteiger partial charge in [-0.15, -0.1) is 0 Å². The van der Waals surface area contributed by atoms with E-state index in [-0.39, 0.29) is 5.56 Å². The minimum atomic E-state index is -0.515. The number of fused-ring (bicyclic) bond motifs is 2. The molecule has 6 heteroatoms. The van der Waals surface area contributed by atoms with E-state index in [9.17, 15) is 14.4 Å². The van der Waals surface area contributed by atoms with Crippen LogP contribution in [0.1, 0.15) is 20.7 Å². The summed E-state index contributed by atoms with van der Waals surface area (Å²) in [6.45, 7) is 0. The summed E-state index contributed by atoms with van der Waals surface area (Å²) in [6.07, 6.45) is 1.23. The maximum absolute atomic E-state index is 12.8. The molecule has 1 heterocycles. The Morgan fingerprint density at radius 2 is 1.56 bits per heavy atom. The summed E-state index contributed by atoms with van der Waals surface area (Å²) in [5, 5.41) is 2.24. The van der Waals surface area contributed by atoms with Gasteiger partial charge in [-0.05, 0) is 47.2 Å². The Bertz CT molecular complexity index is 1260. The van der Waals surface area contributed by atoms with Gasteiger partial charge in [0.25, 0.3) is 11.5 Å². The van der Waals surface area contributed by atoms with Crippen molar-refractivity contribution in [3.8, 4) is 0 Å². The van der Waals surface area contributed by atoms with E-state index in [1.807, 2.05) is 30.3 Å². The minimum absolute atomic E-state index is 0.270. The Kier molecular flexibility index (Phi) is 4.01. The molecule has 0 unspecified atom stereocenters. The Morgan fingerprint density at radius 3 is 2.22 bits per heavy atom. The second-order valence-corrected chi connectivity index (χ2v) is 6.01. The Morgan fingerprint density at radius 1 is 0.926 bits per heavy atom. The van der Waals surface area contributed by atoms with Gasteiger partial charge in [0.1, 0.15) is 6.33 Å². The molecule has 0 radical (unpaired) electrons. The Balaban J connectivity index is 1.80. The van der Waals surface area contributed by atoms with E-state index in [0.717, 1.165) is 15.3 Å². The van der Waals surface area contributed by atoms with Crippen LogP contribution in [0.25, 0.3) is 21.7 Å². The van der Waals surface area contributed by atoms with Crippen LogP contribution in [0, 0.1) is 0 Å². The fourth-order valence-corrected chi connectivity index (χ4v) is 2.96. The largest absolute Gasteiger partial charge is 0.465 e. The first-order chi connectivity index (χ1) is 13.1. The molecule has 0 N–H and O–H groups in total. The molecule has 0 spiro atoms. The van der Waals surface area contributed by atoms with Gasteiger partial charge >= 0.3 is 5.97 Å². The number of rotatable bonds is 2. The molecular weight excluding hydrogens is 344 g/mol. The van der Waals surface area contributed by atoms with Gasteiger partial charge in [-0.25, -0.2) is 14.3 Å². The SMILES string of the molecule is COC(=O)c1ccc(C(=O)n2cnc3cc4ccccc4cc3c2=O)cc1. The number of ether oxygens (including phenoxy) is 1. The van der Waals surface area contributed by atoms with Crippen molar-refractivity contribution in [3.63, 3.8) is 0 Å². The van der Waals surface area contributed by atoms with Gasteiger partial charge in [0, 0.05) is 5.56 Å². The second kappa shape index (κ2) is 6.49.